The van der Waals surface area contributed by atoms with Crippen molar-refractivity contribution in [1.82, 2.24) is 10.2 Å². The zero-order valence-corrected chi connectivity index (χ0v) is 13.7. The number of carbonyl (C=O) groups excluding carboxylic acids is 2. The van der Waals surface area contributed by atoms with Crippen molar-refractivity contribution in [3.8, 4) is 0 Å². The van der Waals surface area contributed by atoms with E-state index < -0.39 is 17.0 Å². The molecule has 1 saturated carbocycles. The molecule has 4 nitrogen and oxygen atoms in total. The summed E-state index contributed by atoms with van der Waals surface area (Å²) >= 11 is 0. The van der Waals surface area contributed by atoms with Crippen molar-refractivity contribution in [2.24, 2.45) is 5.41 Å². The van der Waals surface area contributed by atoms with Crippen molar-refractivity contribution in [3.05, 3.63) is 35.4 Å². The van der Waals surface area contributed by atoms with E-state index >= 15 is 0 Å². The van der Waals surface area contributed by atoms with E-state index in [1.807, 2.05) is 0 Å². The fourth-order valence-corrected chi connectivity index (χ4v) is 2.16. The zero-order valence-electron chi connectivity index (χ0n) is 13.7. The van der Waals surface area contributed by atoms with Gasteiger partial charge in [0.05, 0.1) is 6.54 Å². The third-order valence-electron chi connectivity index (χ3n) is 3.75. The largest absolute Gasteiger partial charge is 0.347 e. The van der Waals surface area contributed by atoms with Gasteiger partial charge < -0.3 is 10.2 Å². The SMILES string of the molecule is CC(C)(C)C(=O)NCC(=O)N(Cc1ccc(F)cc1F)C1CC1. The highest BCUT2D eigenvalue weighted by atomic mass is 19.1. The number of halogens is 2. The number of rotatable bonds is 5. The number of nitrogens with zero attached hydrogens (tertiary/aromatic N) is 1. The Morgan fingerprint density at radius 2 is 1.91 bits per heavy atom. The summed E-state index contributed by atoms with van der Waals surface area (Å²) in [5.74, 6) is -1.78. The van der Waals surface area contributed by atoms with Gasteiger partial charge in [0.1, 0.15) is 11.6 Å². The lowest BCUT2D eigenvalue weighted by Crippen LogP contribution is -2.44. The highest BCUT2D eigenvalue weighted by Crippen LogP contribution is 2.29. The summed E-state index contributed by atoms with van der Waals surface area (Å²) < 4.78 is 26.7. The van der Waals surface area contributed by atoms with Gasteiger partial charge in [0.25, 0.3) is 0 Å². The van der Waals surface area contributed by atoms with Gasteiger partial charge in [-0.25, -0.2) is 8.78 Å². The molecule has 0 bridgehead atoms. The van der Waals surface area contributed by atoms with Crippen LogP contribution in [0.5, 0.6) is 0 Å². The molecule has 6 heteroatoms. The lowest BCUT2D eigenvalue weighted by Gasteiger charge is -2.24. The summed E-state index contributed by atoms with van der Waals surface area (Å²) in [7, 11) is 0. The standard InChI is InChI=1S/C17H22F2N2O2/c1-17(2,3)16(23)20-9-15(22)21(13-6-7-13)10-11-4-5-12(18)8-14(11)19/h4-5,8,13H,6-7,9-10H2,1-3H3,(H,20,23). The third-order valence-corrected chi connectivity index (χ3v) is 3.75. The van der Waals surface area contributed by atoms with Gasteiger partial charge in [-0.2, -0.15) is 0 Å². The minimum Gasteiger partial charge on any atom is -0.347 e. The zero-order chi connectivity index (χ0) is 17.2. The van der Waals surface area contributed by atoms with Crippen molar-refractivity contribution >= 4 is 11.8 Å². The van der Waals surface area contributed by atoms with Crippen LogP contribution in [-0.2, 0) is 16.1 Å². The van der Waals surface area contributed by atoms with Crippen molar-refractivity contribution in [1.29, 1.82) is 0 Å². The van der Waals surface area contributed by atoms with Crippen LogP contribution >= 0.6 is 0 Å². The average Bonchev–Trinajstić information content (AvgIpc) is 3.27. The number of hydrogen-bond donors (Lipinski definition) is 1. The van der Waals surface area contributed by atoms with Gasteiger partial charge in [0, 0.05) is 29.6 Å². The van der Waals surface area contributed by atoms with E-state index in [1.54, 1.807) is 25.7 Å². The van der Waals surface area contributed by atoms with Gasteiger partial charge in [-0.05, 0) is 18.9 Å². The van der Waals surface area contributed by atoms with E-state index in [0.717, 1.165) is 18.9 Å². The summed E-state index contributed by atoms with van der Waals surface area (Å²) in [6, 6.07) is 3.40. The predicted octanol–water partition coefficient (Wildman–Crippen LogP) is 2.62. The van der Waals surface area contributed by atoms with Crippen LogP contribution in [0.1, 0.15) is 39.2 Å². The quantitative estimate of drug-likeness (QED) is 0.905. The van der Waals surface area contributed by atoms with E-state index in [4.69, 9.17) is 0 Å². The van der Waals surface area contributed by atoms with Crippen LogP contribution < -0.4 is 5.32 Å². The highest BCUT2D eigenvalue weighted by Gasteiger charge is 2.33. The molecule has 1 N–H and O–H groups in total. The van der Waals surface area contributed by atoms with Crippen molar-refractivity contribution in [3.63, 3.8) is 0 Å². The smallest absolute Gasteiger partial charge is 0.242 e. The number of carbonyl (C=O) groups is 2. The van der Waals surface area contributed by atoms with E-state index in [0.29, 0.717) is 0 Å². The molecular formula is C17H22F2N2O2. The van der Waals surface area contributed by atoms with E-state index in [-0.39, 0.29) is 36.5 Å². The Morgan fingerprint density at radius 1 is 1.26 bits per heavy atom. The van der Waals surface area contributed by atoms with Crippen LogP contribution in [0.25, 0.3) is 0 Å². The lowest BCUT2D eigenvalue weighted by molar-refractivity contribution is -0.136. The monoisotopic (exact) mass is 324 g/mol. The fourth-order valence-electron chi connectivity index (χ4n) is 2.16. The first-order valence-corrected chi connectivity index (χ1v) is 7.70. The molecule has 0 heterocycles. The first-order chi connectivity index (χ1) is 10.7. The molecule has 1 aliphatic carbocycles. The second kappa shape index (κ2) is 6.64. The van der Waals surface area contributed by atoms with Gasteiger partial charge in [-0.1, -0.05) is 26.8 Å². The maximum absolute atomic E-state index is 13.8. The molecule has 0 aromatic heterocycles. The molecule has 0 saturated heterocycles. The minimum absolute atomic E-state index is 0.0680. The van der Waals surface area contributed by atoms with Gasteiger partial charge >= 0.3 is 0 Å². The van der Waals surface area contributed by atoms with Crippen LogP contribution in [-0.4, -0.2) is 29.3 Å². The molecule has 1 aromatic carbocycles. The Kier molecular flexibility index (Phi) is 5.02. The van der Waals surface area contributed by atoms with Gasteiger partial charge in [0.15, 0.2) is 0 Å². The van der Waals surface area contributed by atoms with Crippen LogP contribution in [0, 0.1) is 17.0 Å². The molecule has 1 aliphatic rings. The maximum Gasteiger partial charge on any atom is 0.242 e. The van der Waals surface area contributed by atoms with Gasteiger partial charge in [0.2, 0.25) is 11.8 Å². The maximum atomic E-state index is 13.8. The second-order valence-electron chi connectivity index (χ2n) is 6.92. The highest BCUT2D eigenvalue weighted by molar-refractivity contribution is 5.87. The van der Waals surface area contributed by atoms with Crippen LogP contribution in [0.3, 0.4) is 0 Å². The molecule has 2 rings (SSSR count). The third kappa shape index (κ3) is 4.74. The topological polar surface area (TPSA) is 49.4 Å². The summed E-state index contributed by atoms with van der Waals surface area (Å²) in [4.78, 5) is 25.8. The summed E-state index contributed by atoms with van der Waals surface area (Å²) in [5, 5.41) is 2.61. The summed E-state index contributed by atoms with van der Waals surface area (Å²) in [5.41, 5.74) is -0.304. The first kappa shape index (κ1) is 17.4. The first-order valence-electron chi connectivity index (χ1n) is 7.70. The van der Waals surface area contributed by atoms with Crippen LogP contribution in [0.4, 0.5) is 8.78 Å². The number of amides is 2. The molecule has 0 unspecified atom stereocenters. The van der Waals surface area contributed by atoms with Crippen LogP contribution in [0.15, 0.2) is 18.2 Å². The van der Waals surface area contributed by atoms with Crippen LogP contribution in [0.2, 0.25) is 0 Å². The number of nitrogens with one attached hydrogen (secondary N) is 1. The predicted molar refractivity (Wildman–Crippen MR) is 82.4 cm³/mol. The number of benzene rings is 1. The lowest BCUT2D eigenvalue weighted by atomic mass is 9.96. The van der Waals surface area contributed by atoms with E-state index in [9.17, 15) is 18.4 Å². The normalized spacial score (nSPS) is 14.5. The molecule has 1 aromatic rings. The van der Waals surface area contributed by atoms with Gasteiger partial charge in [-0.15, -0.1) is 0 Å². The molecule has 0 atom stereocenters. The minimum atomic E-state index is -0.665. The Balaban J connectivity index is 2.01. The van der Waals surface area contributed by atoms with Gasteiger partial charge in [-0.3, -0.25) is 9.59 Å². The molecule has 1 fully saturated rings. The Bertz CT molecular complexity index is 607. The van der Waals surface area contributed by atoms with Crippen molar-refractivity contribution in [2.45, 2.75) is 46.2 Å². The summed E-state index contributed by atoms with van der Waals surface area (Å²) in [6.07, 6.45) is 1.73. The Hall–Kier alpha value is -1.98. The molecular weight excluding hydrogens is 302 g/mol. The molecule has 0 aliphatic heterocycles. The molecule has 126 valence electrons. The fraction of sp³-hybridized carbons (Fsp3) is 0.529. The number of hydrogen-bond acceptors (Lipinski definition) is 2. The van der Waals surface area contributed by atoms with Crippen molar-refractivity contribution in [2.75, 3.05) is 6.54 Å². The van der Waals surface area contributed by atoms with Crippen molar-refractivity contribution < 1.29 is 18.4 Å². The Morgan fingerprint density at radius 3 is 2.43 bits per heavy atom. The summed E-state index contributed by atoms with van der Waals surface area (Å²) in [6.45, 7) is 5.26. The average molecular weight is 324 g/mol. The molecule has 2 amide bonds. The Labute approximate surface area is 134 Å². The van der Waals surface area contributed by atoms with E-state index in [2.05, 4.69) is 5.32 Å². The molecule has 0 spiro atoms. The molecule has 0 radical (unpaired) electrons. The van der Waals surface area contributed by atoms with E-state index in [1.165, 1.54) is 12.1 Å². The second-order valence-corrected chi connectivity index (χ2v) is 6.92. The molecule has 23 heavy (non-hydrogen) atoms.